The molecule has 1 aromatic rings. The molecule has 0 saturated carbocycles. The Kier molecular flexibility index (Phi) is 3.98. The molecule has 0 aliphatic rings. The second kappa shape index (κ2) is 5.27. The van der Waals surface area contributed by atoms with Gasteiger partial charge in [-0.3, -0.25) is 4.79 Å². The standard InChI is InChI=1S/C11H14O3/c1-2-3-4-5-6-10-11(13)9(12)7-8-14-10/h4-5,7-8,13H,2-3,6H2,1H3/b5-4+. The van der Waals surface area contributed by atoms with Crippen molar-refractivity contribution in [3.8, 4) is 5.75 Å². The van der Waals surface area contributed by atoms with Crippen molar-refractivity contribution in [2.24, 2.45) is 0 Å². The average molecular weight is 194 g/mol. The third-order valence-electron chi connectivity index (χ3n) is 1.85. The fraction of sp³-hybridized carbons (Fsp3) is 0.364. The highest BCUT2D eigenvalue weighted by atomic mass is 16.4. The van der Waals surface area contributed by atoms with Crippen LogP contribution >= 0.6 is 0 Å². The molecule has 3 heteroatoms. The van der Waals surface area contributed by atoms with E-state index in [1.807, 2.05) is 12.2 Å². The van der Waals surface area contributed by atoms with Gasteiger partial charge in [0, 0.05) is 12.5 Å². The molecule has 0 aliphatic heterocycles. The van der Waals surface area contributed by atoms with E-state index in [1.165, 1.54) is 12.3 Å². The van der Waals surface area contributed by atoms with E-state index in [2.05, 4.69) is 6.92 Å². The van der Waals surface area contributed by atoms with E-state index in [1.54, 1.807) is 0 Å². The Balaban J connectivity index is 2.68. The lowest BCUT2D eigenvalue weighted by Crippen LogP contribution is -1.99. The highest BCUT2D eigenvalue weighted by Gasteiger charge is 2.04. The molecular formula is C11H14O3. The van der Waals surface area contributed by atoms with Crippen molar-refractivity contribution in [2.45, 2.75) is 26.2 Å². The monoisotopic (exact) mass is 194 g/mol. The molecule has 76 valence electrons. The second-order valence-corrected chi connectivity index (χ2v) is 3.02. The largest absolute Gasteiger partial charge is 0.502 e. The molecule has 1 aromatic heterocycles. The van der Waals surface area contributed by atoms with Crippen LogP contribution in [0.5, 0.6) is 5.75 Å². The zero-order chi connectivity index (χ0) is 10.4. The maximum atomic E-state index is 11.0. The van der Waals surface area contributed by atoms with Crippen LogP contribution in [0.1, 0.15) is 25.5 Å². The normalized spacial score (nSPS) is 10.9. The maximum absolute atomic E-state index is 11.0. The van der Waals surface area contributed by atoms with E-state index in [4.69, 9.17) is 4.42 Å². The van der Waals surface area contributed by atoms with E-state index in [9.17, 15) is 9.90 Å². The zero-order valence-corrected chi connectivity index (χ0v) is 8.19. The third kappa shape index (κ3) is 2.76. The molecule has 1 rings (SSSR count). The van der Waals surface area contributed by atoms with Crippen LogP contribution in [-0.4, -0.2) is 5.11 Å². The summed E-state index contributed by atoms with van der Waals surface area (Å²) in [5.41, 5.74) is -0.393. The molecule has 0 aliphatic carbocycles. The van der Waals surface area contributed by atoms with Crippen LogP contribution in [0.4, 0.5) is 0 Å². The van der Waals surface area contributed by atoms with Crippen molar-refractivity contribution in [3.63, 3.8) is 0 Å². The lowest BCUT2D eigenvalue weighted by atomic mass is 10.2. The van der Waals surface area contributed by atoms with Gasteiger partial charge in [-0.05, 0) is 6.42 Å². The van der Waals surface area contributed by atoms with Crippen LogP contribution in [0.2, 0.25) is 0 Å². The minimum atomic E-state index is -0.393. The summed E-state index contributed by atoms with van der Waals surface area (Å²) in [5, 5.41) is 9.31. The SMILES string of the molecule is CCC/C=C/Cc1occc(=O)c1O. The lowest BCUT2D eigenvalue weighted by molar-refractivity contribution is 0.406. The first-order chi connectivity index (χ1) is 6.75. The van der Waals surface area contributed by atoms with Crippen molar-refractivity contribution in [2.75, 3.05) is 0 Å². The molecular weight excluding hydrogens is 180 g/mol. The van der Waals surface area contributed by atoms with Gasteiger partial charge in [0.15, 0.2) is 5.76 Å². The molecule has 0 amide bonds. The summed E-state index contributed by atoms with van der Waals surface area (Å²) in [6, 6.07) is 1.20. The fourth-order valence-corrected chi connectivity index (χ4v) is 1.07. The number of hydrogen-bond acceptors (Lipinski definition) is 3. The molecule has 0 fully saturated rings. The first kappa shape index (κ1) is 10.6. The summed E-state index contributed by atoms with van der Waals surface area (Å²) >= 11 is 0. The summed E-state index contributed by atoms with van der Waals surface area (Å²) in [6.07, 6.45) is 7.74. The van der Waals surface area contributed by atoms with Crippen molar-refractivity contribution in [1.82, 2.24) is 0 Å². The second-order valence-electron chi connectivity index (χ2n) is 3.02. The third-order valence-corrected chi connectivity index (χ3v) is 1.85. The van der Waals surface area contributed by atoms with E-state index in [0.717, 1.165) is 12.8 Å². The quantitative estimate of drug-likeness (QED) is 0.748. The Morgan fingerprint density at radius 3 is 3.00 bits per heavy atom. The van der Waals surface area contributed by atoms with Crippen LogP contribution in [0.15, 0.2) is 33.7 Å². The number of rotatable bonds is 4. The highest BCUT2D eigenvalue weighted by Crippen LogP contribution is 2.11. The zero-order valence-electron chi connectivity index (χ0n) is 8.19. The van der Waals surface area contributed by atoms with Gasteiger partial charge < -0.3 is 9.52 Å². The topological polar surface area (TPSA) is 50.4 Å². The molecule has 0 atom stereocenters. The van der Waals surface area contributed by atoms with Gasteiger partial charge in [0.05, 0.1) is 6.26 Å². The molecule has 1 N–H and O–H groups in total. The van der Waals surface area contributed by atoms with E-state index in [0.29, 0.717) is 12.2 Å². The minimum absolute atomic E-state index is 0.284. The van der Waals surface area contributed by atoms with Crippen molar-refractivity contribution < 1.29 is 9.52 Å². The Morgan fingerprint density at radius 2 is 2.29 bits per heavy atom. The van der Waals surface area contributed by atoms with Gasteiger partial charge in [0.1, 0.15) is 0 Å². The highest BCUT2D eigenvalue weighted by molar-refractivity contribution is 5.24. The molecule has 1 heterocycles. The van der Waals surface area contributed by atoms with E-state index >= 15 is 0 Å². The number of aromatic hydroxyl groups is 1. The van der Waals surface area contributed by atoms with Gasteiger partial charge in [-0.1, -0.05) is 25.5 Å². The van der Waals surface area contributed by atoms with E-state index < -0.39 is 5.43 Å². The molecule has 3 nitrogen and oxygen atoms in total. The summed E-state index contributed by atoms with van der Waals surface area (Å²) in [5.74, 6) is 0.0403. The molecule has 0 spiro atoms. The van der Waals surface area contributed by atoms with Crippen molar-refractivity contribution in [3.05, 3.63) is 40.5 Å². The molecule has 0 saturated heterocycles. The van der Waals surface area contributed by atoms with Crippen molar-refractivity contribution >= 4 is 0 Å². The van der Waals surface area contributed by atoms with Crippen molar-refractivity contribution in [1.29, 1.82) is 0 Å². The molecule has 14 heavy (non-hydrogen) atoms. The predicted octanol–water partition coefficient (Wildman–Crippen LogP) is 2.24. The van der Waals surface area contributed by atoms with Crippen LogP contribution in [0, 0.1) is 0 Å². The van der Waals surface area contributed by atoms with Crippen LogP contribution in [0.3, 0.4) is 0 Å². The van der Waals surface area contributed by atoms with E-state index in [-0.39, 0.29) is 5.75 Å². The summed E-state index contributed by atoms with van der Waals surface area (Å²) in [7, 11) is 0. The van der Waals surface area contributed by atoms with Crippen LogP contribution in [-0.2, 0) is 6.42 Å². The molecule has 0 bridgehead atoms. The van der Waals surface area contributed by atoms with Gasteiger partial charge in [0.25, 0.3) is 0 Å². The first-order valence-corrected chi connectivity index (χ1v) is 4.70. The summed E-state index contributed by atoms with van der Waals surface area (Å²) in [4.78, 5) is 11.0. The van der Waals surface area contributed by atoms with Gasteiger partial charge in [-0.25, -0.2) is 0 Å². The lowest BCUT2D eigenvalue weighted by Gasteiger charge is -1.97. The van der Waals surface area contributed by atoms with Gasteiger partial charge in [0.2, 0.25) is 11.2 Å². The summed E-state index contributed by atoms with van der Waals surface area (Å²) in [6.45, 7) is 2.09. The maximum Gasteiger partial charge on any atom is 0.226 e. The first-order valence-electron chi connectivity index (χ1n) is 4.70. The Labute approximate surface area is 82.7 Å². The minimum Gasteiger partial charge on any atom is -0.502 e. The number of hydrogen-bond donors (Lipinski definition) is 1. The Morgan fingerprint density at radius 1 is 1.50 bits per heavy atom. The fourth-order valence-electron chi connectivity index (χ4n) is 1.07. The van der Waals surface area contributed by atoms with Gasteiger partial charge in [-0.2, -0.15) is 0 Å². The molecule has 0 radical (unpaired) electrons. The Hall–Kier alpha value is -1.51. The van der Waals surface area contributed by atoms with Gasteiger partial charge >= 0.3 is 0 Å². The average Bonchev–Trinajstić information content (AvgIpc) is 2.19. The molecule has 0 aromatic carbocycles. The molecule has 0 unspecified atom stereocenters. The smallest absolute Gasteiger partial charge is 0.226 e. The number of unbranched alkanes of at least 4 members (excludes halogenated alkanes) is 1. The van der Waals surface area contributed by atoms with Crippen LogP contribution in [0.25, 0.3) is 0 Å². The number of allylic oxidation sites excluding steroid dienone is 2. The predicted molar refractivity (Wildman–Crippen MR) is 54.4 cm³/mol. The van der Waals surface area contributed by atoms with Gasteiger partial charge in [-0.15, -0.1) is 0 Å². The van der Waals surface area contributed by atoms with Crippen LogP contribution < -0.4 is 5.43 Å². The summed E-state index contributed by atoms with van der Waals surface area (Å²) < 4.78 is 5.02. The Bertz CT molecular complexity index is 363.